The number of carbonyl (C=O) groups is 2. The molecule has 1 aliphatic carbocycles. The first-order valence-corrected chi connectivity index (χ1v) is 8.20. The zero-order valence-corrected chi connectivity index (χ0v) is 12.5. The summed E-state index contributed by atoms with van der Waals surface area (Å²) in [6.45, 7) is 3.32. The van der Waals surface area contributed by atoms with E-state index in [1.165, 1.54) is 10.4 Å². The van der Waals surface area contributed by atoms with Crippen LogP contribution < -0.4 is 5.32 Å². The highest BCUT2D eigenvalue weighted by atomic mass is 32.1. The van der Waals surface area contributed by atoms with E-state index in [1.807, 2.05) is 4.90 Å². The molecular weight excluding hydrogens is 272 g/mol. The fraction of sp³-hybridized carbons (Fsp3) is 0.600. The Labute approximate surface area is 123 Å². The van der Waals surface area contributed by atoms with Crippen LogP contribution in [0.3, 0.4) is 0 Å². The average molecular weight is 292 g/mol. The van der Waals surface area contributed by atoms with Crippen LogP contribution in [-0.2, 0) is 22.6 Å². The predicted molar refractivity (Wildman–Crippen MR) is 78.4 cm³/mol. The van der Waals surface area contributed by atoms with Crippen LogP contribution in [0.1, 0.15) is 36.6 Å². The zero-order chi connectivity index (χ0) is 14.1. The molecule has 2 aliphatic rings. The van der Waals surface area contributed by atoms with Gasteiger partial charge in [0.2, 0.25) is 11.8 Å². The minimum Gasteiger partial charge on any atom is -0.344 e. The van der Waals surface area contributed by atoms with Crippen LogP contribution in [-0.4, -0.2) is 29.3 Å². The summed E-state index contributed by atoms with van der Waals surface area (Å²) in [6, 6.07) is 1.85. The molecule has 1 N–H and O–H groups in total. The highest BCUT2D eigenvalue weighted by molar-refractivity contribution is 7.10. The Kier molecular flexibility index (Phi) is 3.78. The van der Waals surface area contributed by atoms with Crippen molar-refractivity contribution in [2.45, 2.75) is 45.2 Å². The molecule has 1 aromatic heterocycles. The summed E-state index contributed by atoms with van der Waals surface area (Å²) in [5.74, 6) is 0.481. The molecule has 2 fully saturated rings. The average Bonchev–Trinajstić information content (AvgIpc) is 3.20. The molecule has 1 aliphatic heterocycles. The number of nitrogens with zero attached hydrogens (tertiary/aromatic N) is 1. The summed E-state index contributed by atoms with van der Waals surface area (Å²) in [4.78, 5) is 27.5. The summed E-state index contributed by atoms with van der Waals surface area (Å²) in [5, 5.41) is 4.98. The standard InChI is InChI=1S/C15H20N2O2S/c1-2-10-6-8-20-12(10)9-17-7-5-13(18)16-14(15(17)19)11-3-4-11/h6,8,11,14H,2-5,7,9H2,1H3,(H,16,18). The van der Waals surface area contributed by atoms with Crippen LogP contribution in [0.2, 0.25) is 0 Å². The van der Waals surface area contributed by atoms with E-state index in [1.54, 1.807) is 11.3 Å². The first-order chi connectivity index (χ1) is 9.69. The van der Waals surface area contributed by atoms with E-state index in [0.717, 1.165) is 19.3 Å². The van der Waals surface area contributed by atoms with Crippen molar-refractivity contribution >= 4 is 23.2 Å². The molecule has 4 nitrogen and oxygen atoms in total. The summed E-state index contributed by atoms with van der Waals surface area (Å²) in [7, 11) is 0. The molecule has 1 saturated carbocycles. The van der Waals surface area contributed by atoms with Crippen molar-refractivity contribution in [2.75, 3.05) is 6.54 Å². The highest BCUT2D eigenvalue weighted by Crippen LogP contribution is 2.34. The fourth-order valence-corrected chi connectivity index (χ4v) is 3.74. The van der Waals surface area contributed by atoms with Crippen molar-refractivity contribution in [3.05, 3.63) is 21.9 Å². The van der Waals surface area contributed by atoms with Gasteiger partial charge in [0.1, 0.15) is 6.04 Å². The molecular formula is C15H20N2O2S. The number of thiophene rings is 1. The normalized spacial score (nSPS) is 23.6. The Morgan fingerprint density at radius 3 is 2.90 bits per heavy atom. The van der Waals surface area contributed by atoms with E-state index >= 15 is 0 Å². The smallest absolute Gasteiger partial charge is 0.245 e. The Hall–Kier alpha value is -1.36. The minimum atomic E-state index is -0.282. The molecule has 1 saturated heterocycles. The quantitative estimate of drug-likeness (QED) is 0.922. The molecule has 0 aromatic carbocycles. The topological polar surface area (TPSA) is 49.4 Å². The number of amides is 2. The summed E-state index contributed by atoms with van der Waals surface area (Å²) >= 11 is 1.70. The molecule has 108 valence electrons. The maximum Gasteiger partial charge on any atom is 0.245 e. The van der Waals surface area contributed by atoms with E-state index < -0.39 is 0 Å². The van der Waals surface area contributed by atoms with Gasteiger partial charge in [-0.3, -0.25) is 9.59 Å². The van der Waals surface area contributed by atoms with Crippen LogP contribution in [0.15, 0.2) is 11.4 Å². The lowest BCUT2D eigenvalue weighted by Crippen LogP contribution is -2.45. The van der Waals surface area contributed by atoms with Gasteiger partial charge in [-0.05, 0) is 42.2 Å². The Morgan fingerprint density at radius 1 is 1.40 bits per heavy atom. The third-order valence-electron chi connectivity index (χ3n) is 4.15. The Balaban J connectivity index is 1.77. The van der Waals surface area contributed by atoms with Crippen molar-refractivity contribution in [1.82, 2.24) is 10.2 Å². The minimum absolute atomic E-state index is 0.0136. The molecule has 20 heavy (non-hydrogen) atoms. The lowest BCUT2D eigenvalue weighted by Gasteiger charge is -2.24. The predicted octanol–water partition coefficient (Wildman–Crippen LogP) is 1.94. The first kappa shape index (κ1) is 13.6. The fourth-order valence-electron chi connectivity index (χ4n) is 2.75. The molecule has 1 atom stereocenters. The van der Waals surface area contributed by atoms with E-state index in [9.17, 15) is 9.59 Å². The number of aryl methyl sites for hydroxylation is 1. The van der Waals surface area contributed by atoms with Crippen molar-refractivity contribution < 1.29 is 9.59 Å². The van der Waals surface area contributed by atoms with E-state index in [2.05, 4.69) is 23.7 Å². The van der Waals surface area contributed by atoms with Gasteiger partial charge in [-0.2, -0.15) is 0 Å². The lowest BCUT2D eigenvalue weighted by molar-refractivity contribution is -0.134. The van der Waals surface area contributed by atoms with Gasteiger partial charge in [0.05, 0.1) is 6.54 Å². The Morgan fingerprint density at radius 2 is 2.20 bits per heavy atom. The van der Waals surface area contributed by atoms with Crippen molar-refractivity contribution in [1.29, 1.82) is 0 Å². The maximum atomic E-state index is 12.6. The number of hydrogen-bond acceptors (Lipinski definition) is 3. The van der Waals surface area contributed by atoms with Crippen molar-refractivity contribution in [3.63, 3.8) is 0 Å². The van der Waals surface area contributed by atoms with Crippen LogP contribution in [0, 0.1) is 5.92 Å². The van der Waals surface area contributed by atoms with Gasteiger partial charge < -0.3 is 10.2 Å². The Bertz CT molecular complexity index is 522. The van der Waals surface area contributed by atoms with Crippen LogP contribution in [0.4, 0.5) is 0 Å². The molecule has 0 bridgehead atoms. The largest absolute Gasteiger partial charge is 0.344 e. The molecule has 3 rings (SSSR count). The zero-order valence-electron chi connectivity index (χ0n) is 11.7. The monoisotopic (exact) mass is 292 g/mol. The maximum absolute atomic E-state index is 12.6. The molecule has 2 heterocycles. The van der Waals surface area contributed by atoms with Gasteiger partial charge in [-0.25, -0.2) is 0 Å². The van der Waals surface area contributed by atoms with Gasteiger partial charge in [0.25, 0.3) is 0 Å². The summed E-state index contributed by atoms with van der Waals surface area (Å²) in [6.07, 6.45) is 3.53. The van der Waals surface area contributed by atoms with Gasteiger partial charge >= 0.3 is 0 Å². The second-order valence-electron chi connectivity index (χ2n) is 5.61. The molecule has 1 unspecified atom stereocenters. The number of carbonyl (C=O) groups excluding carboxylic acids is 2. The third kappa shape index (κ3) is 2.73. The van der Waals surface area contributed by atoms with Crippen molar-refractivity contribution in [2.24, 2.45) is 5.92 Å². The third-order valence-corrected chi connectivity index (χ3v) is 5.10. The summed E-state index contributed by atoms with van der Waals surface area (Å²) < 4.78 is 0. The van der Waals surface area contributed by atoms with Gasteiger partial charge in [0, 0.05) is 17.8 Å². The molecule has 2 amide bonds. The van der Waals surface area contributed by atoms with E-state index in [4.69, 9.17) is 0 Å². The molecule has 0 spiro atoms. The first-order valence-electron chi connectivity index (χ1n) is 7.32. The van der Waals surface area contributed by atoms with Gasteiger partial charge in [-0.1, -0.05) is 6.92 Å². The number of nitrogens with one attached hydrogen (secondary N) is 1. The van der Waals surface area contributed by atoms with Crippen LogP contribution in [0.25, 0.3) is 0 Å². The molecule has 1 aromatic rings. The summed E-state index contributed by atoms with van der Waals surface area (Å²) in [5.41, 5.74) is 1.31. The van der Waals surface area contributed by atoms with Gasteiger partial charge in [0.15, 0.2) is 0 Å². The van der Waals surface area contributed by atoms with Crippen LogP contribution >= 0.6 is 11.3 Å². The van der Waals surface area contributed by atoms with Crippen molar-refractivity contribution in [3.8, 4) is 0 Å². The second kappa shape index (κ2) is 5.56. The lowest BCUT2D eigenvalue weighted by atomic mass is 10.1. The van der Waals surface area contributed by atoms with E-state index in [0.29, 0.717) is 25.4 Å². The molecule has 0 radical (unpaired) electrons. The van der Waals surface area contributed by atoms with Gasteiger partial charge in [-0.15, -0.1) is 11.3 Å². The van der Waals surface area contributed by atoms with E-state index in [-0.39, 0.29) is 17.9 Å². The second-order valence-corrected chi connectivity index (χ2v) is 6.62. The number of rotatable bonds is 4. The molecule has 5 heteroatoms. The highest BCUT2D eigenvalue weighted by Gasteiger charge is 2.40. The SMILES string of the molecule is CCc1ccsc1CN1CCC(=O)NC(C2CC2)C1=O. The number of hydrogen-bond donors (Lipinski definition) is 1. The van der Waals surface area contributed by atoms with Crippen LogP contribution in [0.5, 0.6) is 0 Å².